The van der Waals surface area contributed by atoms with E-state index in [0.29, 0.717) is 19.5 Å². The molecule has 0 aliphatic rings. The van der Waals surface area contributed by atoms with Gasteiger partial charge in [-0.1, -0.05) is 6.92 Å². The van der Waals surface area contributed by atoms with E-state index in [9.17, 15) is 9.59 Å². The average molecular weight is 264 g/mol. The Balaban J connectivity index is 3.14. The zero-order valence-corrected chi connectivity index (χ0v) is 11.4. The molecule has 0 aliphatic heterocycles. The molecule has 3 N–H and O–H groups in total. The van der Waals surface area contributed by atoms with Crippen LogP contribution in [0.25, 0.3) is 0 Å². The van der Waals surface area contributed by atoms with Crippen molar-refractivity contribution in [2.45, 2.75) is 32.7 Å². The first-order valence-corrected chi connectivity index (χ1v) is 6.31. The van der Waals surface area contributed by atoms with Gasteiger partial charge in [-0.05, 0) is 12.8 Å². The fourth-order valence-corrected chi connectivity index (χ4v) is 1.79. The third-order valence-electron chi connectivity index (χ3n) is 2.83. The molecule has 0 radical (unpaired) electrons. The van der Waals surface area contributed by atoms with E-state index in [2.05, 4.69) is 11.2 Å². The molecule has 0 saturated carbocycles. The van der Waals surface area contributed by atoms with Crippen LogP contribution < -0.4 is 22.3 Å². The summed E-state index contributed by atoms with van der Waals surface area (Å²) in [7, 11) is 1.45. The molecule has 104 valence electrons. The van der Waals surface area contributed by atoms with Gasteiger partial charge in [0.05, 0.1) is 0 Å². The lowest BCUT2D eigenvalue weighted by Crippen LogP contribution is -2.40. The fraction of sp³-hybridized carbons (Fsp3) is 0.538. The van der Waals surface area contributed by atoms with Crippen LogP contribution in [0.4, 0.5) is 11.5 Å². The zero-order valence-electron chi connectivity index (χ0n) is 11.4. The van der Waals surface area contributed by atoms with Crippen molar-refractivity contribution in [3.05, 3.63) is 20.8 Å². The highest BCUT2D eigenvalue weighted by molar-refractivity contribution is 5.60. The molecule has 1 heterocycles. The second-order valence-electron chi connectivity index (χ2n) is 4.29. The molecule has 0 aromatic carbocycles. The number of anilines is 2. The van der Waals surface area contributed by atoms with Crippen molar-refractivity contribution < 1.29 is 0 Å². The molecule has 0 fully saturated rings. The summed E-state index contributed by atoms with van der Waals surface area (Å²) in [6.45, 7) is 2.97. The summed E-state index contributed by atoms with van der Waals surface area (Å²) >= 11 is 0. The SMILES string of the molecule is C#CCCCNc1c(N)n(CCC)c(=O)n(C)c1=O. The Bertz CT molecular complexity index is 592. The van der Waals surface area contributed by atoms with Crippen molar-refractivity contribution in [3.63, 3.8) is 0 Å². The lowest BCUT2D eigenvalue weighted by atomic mass is 10.3. The lowest BCUT2D eigenvalue weighted by molar-refractivity contribution is 0.600. The van der Waals surface area contributed by atoms with Gasteiger partial charge in [0, 0.05) is 26.6 Å². The number of nitrogens with two attached hydrogens (primary N) is 1. The van der Waals surface area contributed by atoms with E-state index < -0.39 is 11.2 Å². The standard InChI is InChI=1S/C13H20N4O2/c1-4-6-7-8-15-10-11(14)17(9-5-2)13(19)16(3)12(10)18/h1,15H,5-9,14H2,2-3H3. The molecule has 0 spiro atoms. The maximum Gasteiger partial charge on any atom is 0.332 e. The summed E-state index contributed by atoms with van der Waals surface area (Å²) in [6.07, 6.45) is 7.29. The maximum atomic E-state index is 12.0. The topological polar surface area (TPSA) is 82.0 Å². The summed E-state index contributed by atoms with van der Waals surface area (Å²) in [5.74, 6) is 2.72. The minimum atomic E-state index is -0.407. The number of hydrogen-bond donors (Lipinski definition) is 2. The van der Waals surface area contributed by atoms with Crippen LogP contribution in [0.2, 0.25) is 0 Å². The van der Waals surface area contributed by atoms with Crippen molar-refractivity contribution in [3.8, 4) is 12.3 Å². The molecule has 0 amide bonds. The lowest BCUT2D eigenvalue weighted by Gasteiger charge is -2.15. The Kier molecular flexibility index (Phi) is 5.24. The third kappa shape index (κ3) is 3.19. The van der Waals surface area contributed by atoms with Gasteiger partial charge in [-0.3, -0.25) is 13.9 Å². The number of unbranched alkanes of at least 4 members (excludes halogenated alkanes) is 1. The summed E-state index contributed by atoms with van der Waals surface area (Å²) in [4.78, 5) is 23.9. The minimum Gasteiger partial charge on any atom is -0.383 e. The molecule has 0 aliphatic carbocycles. The molecule has 1 aromatic heterocycles. The Morgan fingerprint density at radius 3 is 2.68 bits per heavy atom. The van der Waals surface area contributed by atoms with Crippen LogP contribution >= 0.6 is 0 Å². The monoisotopic (exact) mass is 264 g/mol. The second kappa shape index (κ2) is 6.69. The maximum absolute atomic E-state index is 12.0. The van der Waals surface area contributed by atoms with Crippen LogP contribution in [-0.2, 0) is 13.6 Å². The summed E-state index contributed by atoms with van der Waals surface area (Å²) in [5, 5.41) is 2.97. The first-order chi connectivity index (χ1) is 9.04. The Morgan fingerprint density at radius 2 is 2.11 bits per heavy atom. The minimum absolute atomic E-state index is 0.190. The van der Waals surface area contributed by atoms with E-state index >= 15 is 0 Å². The predicted octanol–water partition coefficient (Wildman–Crippen LogP) is 0.365. The number of hydrogen-bond acceptors (Lipinski definition) is 4. The molecule has 0 saturated heterocycles. The van der Waals surface area contributed by atoms with E-state index in [4.69, 9.17) is 12.2 Å². The highest BCUT2D eigenvalue weighted by Gasteiger charge is 2.14. The predicted molar refractivity (Wildman–Crippen MR) is 77.2 cm³/mol. The highest BCUT2D eigenvalue weighted by Crippen LogP contribution is 2.11. The normalized spacial score (nSPS) is 10.2. The van der Waals surface area contributed by atoms with Crippen molar-refractivity contribution in [1.29, 1.82) is 0 Å². The number of nitrogens with one attached hydrogen (secondary N) is 1. The van der Waals surface area contributed by atoms with Crippen LogP contribution in [0.5, 0.6) is 0 Å². The van der Waals surface area contributed by atoms with Gasteiger partial charge in [-0.25, -0.2) is 4.79 Å². The summed E-state index contributed by atoms with van der Waals surface area (Å²) in [5.41, 5.74) is 5.38. The number of nitrogen functional groups attached to an aromatic ring is 1. The van der Waals surface area contributed by atoms with Crippen LogP contribution in [-0.4, -0.2) is 15.7 Å². The van der Waals surface area contributed by atoms with E-state index in [1.807, 2.05) is 6.92 Å². The molecule has 6 heteroatoms. The van der Waals surface area contributed by atoms with Crippen LogP contribution in [0.15, 0.2) is 9.59 Å². The van der Waals surface area contributed by atoms with Gasteiger partial charge in [-0.15, -0.1) is 12.3 Å². The van der Waals surface area contributed by atoms with Gasteiger partial charge >= 0.3 is 5.69 Å². The van der Waals surface area contributed by atoms with Gasteiger partial charge in [0.2, 0.25) is 0 Å². The zero-order chi connectivity index (χ0) is 14.4. The van der Waals surface area contributed by atoms with Crippen LogP contribution in [0.1, 0.15) is 26.2 Å². The molecular formula is C13H20N4O2. The van der Waals surface area contributed by atoms with Gasteiger partial charge in [0.25, 0.3) is 5.56 Å². The van der Waals surface area contributed by atoms with Crippen LogP contribution in [0.3, 0.4) is 0 Å². The second-order valence-corrected chi connectivity index (χ2v) is 4.29. The van der Waals surface area contributed by atoms with E-state index in [1.54, 1.807) is 0 Å². The Hall–Kier alpha value is -2.16. The van der Waals surface area contributed by atoms with E-state index in [-0.39, 0.29) is 11.5 Å². The van der Waals surface area contributed by atoms with Crippen molar-refractivity contribution in [1.82, 2.24) is 9.13 Å². The van der Waals surface area contributed by atoms with E-state index in [1.165, 1.54) is 11.6 Å². The quantitative estimate of drug-likeness (QED) is 0.574. The average Bonchev–Trinajstić information content (AvgIpc) is 2.40. The van der Waals surface area contributed by atoms with Crippen LogP contribution in [0, 0.1) is 12.3 Å². The Morgan fingerprint density at radius 1 is 1.42 bits per heavy atom. The summed E-state index contributed by atoms with van der Waals surface area (Å²) < 4.78 is 2.47. The largest absolute Gasteiger partial charge is 0.383 e. The van der Waals surface area contributed by atoms with Crippen molar-refractivity contribution in [2.24, 2.45) is 7.05 Å². The molecule has 0 bridgehead atoms. The summed E-state index contributed by atoms with van der Waals surface area (Å²) in [6, 6.07) is 0. The molecular weight excluding hydrogens is 244 g/mol. The molecule has 0 atom stereocenters. The van der Waals surface area contributed by atoms with Gasteiger partial charge in [-0.2, -0.15) is 0 Å². The molecule has 1 aromatic rings. The van der Waals surface area contributed by atoms with Crippen molar-refractivity contribution in [2.75, 3.05) is 17.6 Å². The fourth-order valence-electron chi connectivity index (χ4n) is 1.79. The molecule has 19 heavy (non-hydrogen) atoms. The number of rotatable bonds is 6. The smallest absolute Gasteiger partial charge is 0.332 e. The molecule has 0 unspecified atom stereocenters. The van der Waals surface area contributed by atoms with E-state index in [0.717, 1.165) is 17.4 Å². The molecule has 6 nitrogen and oxygen atoms in total. The van der Waals surface area contributed by atoms with Gasteiger partial charge in [0.1, 0.15) is 11.5 Å². The van der Waals surface area contributed by atoms with Crippen molar-refractivity contribution >= 4 is 11.5 Å². The first-order valence-electron chi connectivity index (χ1n) is 6.31. The Labute approximate surface area is 112 Å². The number of terminal acetylenes is 1. The number of aromatic nitrogens is 2. The highest BCUT2D eigenvalue weighted by atomic mass is 16.2. The number of nitrogens with zero attached hydrogens (tertiary/aromatic N) is 2. The molecule has 1 rings (SSSR count). The van der Waals surface area contributed by atoms with Gasteiger partial charge in [0.15, 0.2) is 0 Å². The third-order valence-corrected chi connectivity index (χ3v) is 2.83. The first kappa shape index (κ1) is 14.9. The van der Waals surface area contributed by atoms with Gasteiger partial charge < -0.3 is 11.1 Å².